The van der Waals surface area contributed by atoms with Gasteiger partial charge in [-0.15, -0.1) is 10.2 Å². The highest BCUT2D eigenvalue weighted by Gasteiger charge is 2.17. The molecular formula is C14H12N4. The van der Waals surface area contributed by atoms with E-state index in [9.17, 15) is 0 Å². The maximum Gasteiger partial charge on any atom is 0.163 e. The quantitative estimate of drug-likeness (QED) is 0.759. The largest absolute Gasteiger partial charge is 0.350 e. The molecule has 88 valence electrons. The van der Waals surface area contributed by atoms with Crippen LogP contribution < -0.4 is 4.90 Å². The van der Waals surface area contributed by atoms with E-state index in [0.29, 0.717) is 5.69 Å². The van der Waals surface area contributed by atoms with Crippen molar-refractivity contribution in [3.63, 3.8) is 0 Å². The van der Waals surface area contributed by atoms with Crippen molar-refractivity contribution in [1.82, 2.24) is 10.2 Å². The number of hydrogen-bond donors (Lipinski definition) is 0. The minimum atomic E-state index is 0.358. The van der Waals surface area contributed by atoms with Gasteiger partial charge in [-0.05, 0) is 29.7 Å². The topological polar surface area (TPSA) is 52.8 Å². The van der Waals surface area contributed by atoms with Crippen LogP contribution in [0.4, 0.5) is 5.82 Å². The zero-order valence-corrected chi connectivity index (χ0v) is 9.87. The number of aromatic nitrogens is 2. The van der Waals surface area contributed by atoms with Gasteiger partial charge in [-0.2, -0.15) is 5.26 Å². The molecule has 0 spiro atoms. The molecule has 18 heavy (non-hydrogen) atoms. The Hall–Kier alpha value is -2.41. The smallest absolute Gasteiger partial charge is 0.163 e. The van der Waals surface area contributed by atoms with Crippen LogP contribution >= 0.6 is 0 Å². The van der Waals surface area contributed by atoms with Gasteiger partial charge in [-0.25, -0.2) is 0 Å². The lowest BCUT2D eigenvalue weighted by Crippen LogP contribution is -2.31. The highest BCUT2D eigenvalue weighted by molar-refractivity contribution is 5.44. The van der Waals surface area contributed by atoms with Crippen LogP contribution in [-0.2, 0) is 13.0 Å². The summed E-state index contributed by atoms with van der Waals surface area (Å²) in [7, 11) is 0. The molecule has 2 heterocycles. The Balaban J connectivity index is 1.85. The van der Waals surface area contributed by atoms with Gasteiger partial charge in [-0.1, -0.05) is 24.3 Å². The van der Waals surface area contributed by atoms with Crippen molar-refractivity contribution in [3.8, 4) is 6.07 Å². The Bertz CT molecular complexity index is 598. The monoisotopic (exact) mass is 236 g/mol. The Morgan fingerprint density at radius 2 is 1.89 bits per heavy atom. The highest BCUT2D eigenvalue weighted by Crippen LogP contribution is 2.22. The average molecular weight is 236 g/mol. The van der Waals surface area contributed by atoms with Gasteiger partial charge in [0.2, 0.25) is 0 Å². The lowest BCUT2D eigenvalue weighted by Gasteiger charge is -2.29. The van der Waals surface area contributed by atoms with Crippen LogP contribution in [0.3, 0.4) is 0 Å². The summed E-state index contributed by atoms with van der Waals surface area (Å²) in [6, 6.07) is 14.0. The van der Waals surface area contributed by atoms with Gasteiger partial charge in [0.15, 0.2) is 11.5 Å². The first-order chi connectivity index (χ1) is 8.86. The van der Waals surface area contributed by atoms with Gasteiger partial charge in [0, 0.05) is 13.1 Å². The predicted molar refractivity (Wildman–Crippen MR) is 67.9 cm³/mol. The van der Waals surface area contributed by atoms with Crippen LogP contribution in [-0.4, -0.2) is 16.7 Å². The number of fused-ring (bicyclic) bond motifs is 1. The molecule has 0 saturated carbocycles. The first kappa shape index (κ1) is 10.7. The fourth-order valence-corrected chi connectivity index (χ4v) is 2.24. The van der Waals surface area contributed by atoms with E-state index < -0.39 is 0 Å². The zero-order valence-electron chi connectivity index (χ0n) is 9.87. The first-order valence-electron chi connectivity index (χ1n) is 5.92. The minimum absolute atomic E-state index is 0.358. The molecule has 0 atom stereocenters. The van der Waals surface area contributed by atoms with Crippen molar-refractivity contribution in [2.24, 2.45) is 0 Å². The summed E-state index contributed by atoms with van der Waals surface area (Å²) >= 11 is 0. The molecule has 1 aromatic carbocycles. The summed E-state index contributed by atoms with van der Waals surface area (Å²) in [6.07, 6.45) is 1.03. The van der Waals surface area contributed by atoms with Crippen molar-refractivity contribution in [3.05, 3.63) is 53.2 Å². The van der Waals surface area contributed by atoms with Gasteiger partial charge in [0.1, 0.15) is 6.07 Å². The number of nitriles is 1. The molecule has 4 nitrogen and oxygen atoms in total. The fourth-order valence-electron chi connectivity index (χ4n) is 2.24. The molecule has 0 radical (unpaired) electrons. The summed E-state index contributed by atoms with van der Waals surface area (Å²) in [6.45, 7) is 1.80. The molecule has 4 heteroatoms. The van der Waals surface area contributed by atoms with Gasteiger partial charge in [-0.3, -0.25) is 0 Å². The second-order valence-electron chi connectivity index (χ2n) is 4.33. The molecule has 1 aromatic heterocycles. The molecule has 0 N–H and O–H groups in total. The average Bonchev–Trinajstić information content (AvgIpc) is 2.47. The van der Waals surface area contributed by atoms with E-state index >= 15 is 0 Å². The van der Waals surface area contributed by atoms with Crippen LogP contribution in [0.1, 0.15) is 16.8 Å². The molecule has 2 aromatic rings. The minimum Gasteiger partial charge on any atom is -0.350 e. The van der Waals surface area contributed by atoms with Crippen molar-refractivity contribution >= 4 is 5.82 Å². The van der Waals surface area contributed by atoms with E-state index in [1.165, 1.54) is 11.1 Å². The number of benzene rings is 1. The summed E-state index contributed by atoms with van der Waals surface area (Å²) in [5, 5.41) is 16.7. The van der Waals surface area contributed by atoms with Crippen LogP contribution in [0.2, 0.25) is 0 Å². The third kappa shape index (κ3) is 1.91. The van der Waals surface area contributed by atoms with Gasteiger partial charge in [0.05, 0.1) is 0 Å². The fraction of sp³-hybridized carbons (Fsp3) is 0.214. The van der Waals surface area contributed by atoms with Gasteiger partial charge >= 0.3 is 0 Å². The van der Waals surface area contributed by atoms with Crippen molar-refractivity contribution in [2.75, 3.05) is 11.4 Å². The van der Waals surface area contributed by atoms with Crippen LogP contribution in [0.25, 0.3) is 0 Å². The standard InChI is InChI=1S/C14H12N4/c15-9-13-5-6-14(17-16-13)18-8-7-11-3-1-2-4-12(11)10-18/h1-6H,7-8,10H2. The van der Waals surface area contributed by atoms with Crippen molar-refractivity contribution in [2.45, 2.75) is 13.0 Å². The molecular weight excluding hydrogens is 224 g/mol. The van der Waals surface area contributed by atoms with E-state index in [1.807, 2.05) is 12.1 Å². The van der Waals surface area contributed by atoms with Crippen LogP contribution in [0, 0.1) is 11.3 Å². The highest BCUT2D eigenvalue weighted by atomic mass is 15.3. The third-order valence-electron chi connectivity index (χ3n) is 3.22. The van der Waals surface area contributed by atoms with Gasteiger partial charge < -0.3 is 4.90 Å². The molecule has 0 bridgehead atoms. The second kappa shape index (κ2) is 4.46. The molecule has 0 fully saturated rings. The van der Waals surface area contributed by atoms with E-state index in [1.54, 1.807) is 6.07 Å². The number of anilines is 1. The van der Waals surface area contributed by atoms with E-state index in [4.69, 9.17) is 5.26 Å². The molecule has 0 aliphatic carbocycles. The maximum atomic E-state index is 8.70. The molecule has 0 unspecified atom stereocenters. The van der Waals surface area contributed by atoms with Gasteiger partial charge in [0.25, 0.3) is 0 Å². The molecule has 0 saturated heterocycles. The third-order valence-corrected chi connectivity index (χ3v) is 3.22. The summed E-state index contributed by atoms with van der Waals surface area (Å²) in [4.78, 5) is 2.19. The lowest BCUT2D eigenvalue weighted by molar-refractivity contribution is 0.712. The number of nitrogens with zero attached hydrogens (tertiary/aromatic N) is 4. The SMILES string of the molecule is N#Cc1ccc(N2CCc3ccccc3C2)nn1. The Labute approximate surface area is 106 Å². The van der Waals surface area contributed by atoms with Crippen LogP contribution in [0.15, 0.2) is 36.4 Å². The molecule has 1 aliphatic heterocycles. The first-order valence-corrected chi connectivity index (χ1v) is 5.92. The molecule has 1 aliphatic rings. The number of hydrogen-bond acceptors (Lipinski definition) is 4. The van der Waals surface area contributed by atoms with E-state index in [0.717, 1.165) is 25.3 Å². The maximum absolute atomic E-state index is 8.70. The predicted octanol–water partition coefficient (Wildman–Crippen LogP) is 1.91. The van der Waals surface area contributed by atoms with Crippen LogP contribution in [0.5, 0.6) is 0 Å². The zero-order chi connectivity index (χ0) is 12.4. The van der Waals surface area contributed by atoms with E-state index in [2.05, 4.69) is 39.4 Å². The summed E-state index contributed by atoms with van der Waals surface area (Å²) in [5.74, 6) is 0.837. The summed E-state index contributed by atoms with van der Waals surface area (Å²) in [5.41, 5.74) is 3.11. The molecule has 3 rings (SSSR count). The number of rotatable bonds is 1. The Morgan fingerprint density at radius 1 is 1.06 bits per heavy atom. The van der Waals surface area contributed by atoms with E-state index in [-0.39, 0.29) is 0 Å². The van der Waals surface area contributed by atoms with Crippen molar-refractivity contribution < 1.29 is 0 Å². The van der Waals surface area contributed by atoms with Crippen molar-refractivity contribution in [1.29, 1.82) is 5.26 Å². The normalized spacial score (nSPS) is 13.8. The lowest BCUT2D eigenvalue weighted by atomic mass is 10.00. The Kier molecular flexibility index (Phi) is 2.66. The molecule has 0 amide bonds. The second-order valence-corrected chi connectivity index (χ2v) is 4.33. The Morgan fingerprint density at radius 3 is 2.61 bits per heavy atom. The summed E-state index contributed by atoms with van der Waals surface area (Å²) < 4.78 is 0.